The summed E-state index contributed by atoms with van der Waals surface area (Å²) in [4.78, 5) is 22.5. The highest BCUT2D eigenvalue weighted by molar-refractivity contribution is 7.13. The summed E-state index contributed by atoms with van der Waals surface area (Å²) in [5.41, 5.74) is 4.34. The van der Waals surface area contributed by atoms with Crippen LogP contribution in [0.5, 0.6) is 0 Å². The molecule has 0 radical (unpaired) electrons. The van der Waals surface area contributed by atoms with Crippen molar-refractivity contribution in [1.82, 2.24) is 19.6 Å². The summed E-state index contributed by atoms with van der Waals surface area (Å²) in [5, 5.41) is 8.46. The zero-order chi connectivity index (χ0) is 19.5. The quantitative estimate of drug-likeness (QED) is 0.492. The van der Waals surface area contributed by atoms with Crippen LogP contribution < -0.4 is 10.9 Å². The van der Waals surface area contributed by atoms with Crippen LogP contribution >= 0.6 is 11.3 Å². The Morgan fingerprint density at radius 2 is 2.07 bits per heavy atom. The first kappa shape index (κ1) is 18.4. The van der Waals surface area contributed by atoms with Gasteiger partial charge in [0.05, 0.1) is 17.1 Å². The van der Waals surface area contributed by atoms with Crippen molar-refractivity contribution in [3.8, 4) is 10.7 Å². The van der Waals surface area contributed by atoms with E-state index in [1.165, 1.54) is 15.6 Å². The molecule has 4 rings (SSSR count). The maximum Gasteiger partial charge on any atom is 0.274 e. The van der Waals surface area contributed by atoms with Gasteiger partial charge in [-0.25, -0.2) is 4.98 Å². The number of aromatic amines is 1. The normalized spacial score (nSPS) is 11.2. The molecule has 0 saturated heterocycles. The van der Waals surface area contributed by atoms with Gasteiger partial charge in [0.25, 0.3) is 11.3 Å². The lowest BCUT2D eigenvalue weighted by Gasteiger charge is -2.14. The van der Waals surface area contributed by atoms with Gasteiger partial charge in [0, 0.05) is 11.8 Å². The molecule has 0 atom stereocenters. The number of hydrogen-bond donors (Lipinski definition) is 2. The predicted molar refractivity (Wildman–Crippen MR) is 114 cm³/mol. The molecule has 3 aromatic heterocycles. The number of rotatable bonds is 7. The molecule has 2 N–H and O–H groups in total. The van der Waals surface area contributed by atoms with Crippen LogP contribution in [0.2, 0.25) is 0 Å². The Labute approximate surface area is 167 Å². The average Bonchev–Trinajstić information content (AvgIpc) is 3.36. The van der Waals surface area contributed by atoms with Crippen LogP contribution in [-0.2, 0) is 19.4 Å². The van der Waals surface area contributed by atoms with Gasteiger partial charge in [0.1, 0.15) is 0 Å². The minimum atomic E-state index is -0.160. The van der Waals surface area contributed by atoms with Crippen LogP contribution in [0, 0.1) is 0 Å². The summed E-state index contributed by atoms with van der Waals surface area (Å²) in [5.74, 6) is 1.05. The standard InChI is InChI=1S/C21H23N5OS/c1-3-7-14-8-5-9-17(16(14)4-2)22-13-15-12-19(27)26-21(23-15)24-20(25-26)18-10-6-11-28-18/h5-6,8-12,22H,3-4,7,13H2,1-2H3,(H,23,24,25). The van der Waals surface area contributed by atoms with Gasteiger partial charge in [-0.1, -0.05) is 38.5 Å². The summed E-state index contributed by atoms with van der Waals surface area (Å²) in [6.45, 7) is 4.85. The Morgan fingerprint density at radius 1 is 1.18 bits per heavy atom. The Kier molecular flexibility index (Phi) is 5.25. The highest BCUT2D eigenvalue weighted by Gasteiger charge is 2.11. The fraction of sp³-hybridized carbons (Fsp3) is 0.286. The van der Waals surface area contributed by atoms with E-state index >= 15 is 0 Å². The number of nitrogens with one attached hydrogen (secondary N) is 2. The molecule has 0 amide bonds. The van der Waals surface area contributed by atoms with Gasteiger partial charge in [-0.05, 0) is 41.5 Å². The molecule has 28 heavy (non-hydrogen) atoms. The minimum absolute atomic E-state index is 0.160. The molecule has 0 saturated carbocycles. The highest BCUT2D eigenvalue weighted by Crippen LogP contribution is 2.23. The van der Waals surface area contributed by atoms with E-state index in [-0.39, 0.29) is 5.56 Å². The summed E-state index contributed by atoms with van der Waals surface area (Å²) in [7, 11) is 0. The molecule has 0 aliphatic rings. The molecule has 3 heterocycles. The predicted octanol–water partition coefficient (Wildman–Crippen LogP) is 4.27. The molecule has 0 spiro atoms. The largest absolute Gasteiger partial charge is 0.379 e. The number of H-pyrrole nitrogens is 1. The molecule has 0 aliphatic heterocycles. The molecule has 0 aliphatic carbocycles. The first-order valence-corrected chi connectivity index (χ1v) is 10.4. The van der Waals surface area contributed by atoms with Crippen LogP contribution in [0.4, 0.5) is 5.69 Å². The number of hydrogen-bond acceptors (Lipinski definition) is 5. The third kappa shape index (κ3) is 3.57. The van der Waals surface area contributed by atoms with Crippen LogP contribution in [-0.4, -0.2) is 19.6 Å². The highest BCUT2D eigenvalue weighted by atomic mass is 32.1. The first-order valence-electron chi connectivity index (χ1n) is 9.56. The fourth-order valence-electron chi connectivity index (χ4n) is 3.45. The van der Waals surface area contributed by atoms with Gasteiger partial charge in [-0.3, -0.25) is 9.89 Å². The number of fused-ring (bicyclic) bond motifs is 1. The van der Waals surface area contributed by atoms with E-state index in [1.807, 2.05) is 17.5 Å². The topological polar surface area (TPSA) is 75.1 Å². The van der Waals surface area contributed by atoms with Crippen molar-refractivity contribution in [2.24, 2.45) is 0 Å². The third-order valence-electron chi connectivity index (χ3n) is 4.74. The third-order valence-corrected chi connectivity index (χ3v) is 5.62. The zero-order valence-electron chi connectivity index (χ0n) is 16.0. The number of benzene rings is 1. The number of anilines is 1. The van der Waals surface area contributed by atoms with E-state index in [2.05, 4.69) is 52.4 Å². The summed E-state index contributed by atoms with van der Waals surface area (Å²) in [6, 6.07) is 11.8. The Bertz CT molecular complexity index is 1140. The molecule has 144 valence electrons. The molecule has 4 aromatic rings. The molecule has 6 nitrogen and oxygen atoms in total. The number of nitrogens with zero attached hydrogens (tertiary/aromatic N) is 3. The second kappa shape index (κ2) is 7.98. The molecule has 7 heteroatoms. The molecular formula is C21H23N5OS. The van der Waals surface area contributed by atoms with Gasteiger partial charge in [0.2, 0.25) is 0 Å². The molecule has 0 unspecified atom stereocenters. The molecule has 0 bridgehead atoms. The summed E-state index contributed by atoms with van der Waals surface area (Å²) < 4.78 is 1.39. The summed E-state index contributed by atoms with van der Waals surface area (Å²) >= 11 is 1.57. The monoisotopic (exact) mass is 393 g/mol. The van der Waals surface area contributed by atoms with E-state index in [0.717, 1.165) is 29.8 Å². The molecular weight excluding hydrogens is 370 g/mol. The van der Waals surface area contributed by atoms with Crippen molar-refractivity contribution in [3.05, 3.63) is 69.0 Å². The lowest BCUT2D eigenvalue weighted by atomic mass is 9.99. The van der Waals surface area contributed by atoms with Gasteiger partial charge in [-0.2, -0.15) is 9.50 Å². The van der Waals surface area contributed by atoms with Crippen molar-refractivity contribution >= 4 is 22.8 Å². The maximum atomic E-state index is 12.5. The lowest BCUT2D eigenvalue weighted by Crippen LogP contribution is -2.17. The number of aryl methyl sites for hydroxylation is 1. The van der Waals surface area contributed by atoms with Crippen molar-refractivity contribution in [3.63, 3.8) is 0 Å². The fourth-order valence-corrected chi connectivity index (χ4v) is 4.11. The van der Waals surface area contributed by atoms with Crippen LogP contribution in [0.1, 0.15) is 37.1 Å². The van der Waals surface area contributed by atoms with Crippen LogP contribution in [0.3, 0.4) is 0 Å². The first-order chi connectivity index (χ1) is 13.7. The van der Waals surface area contributed by atoms with Crippen molar-refractivity contribution in [2.45, 2.75) is 39.7 Å². The SMILES string of the molecule is CCCc1cccc(NCc2cc(=O)n3[nH]c(-c4cccs4)nc3n2)c1CC. The Hall–Kier alpha value is -2.93. The van der Waals surface area contributed by atoms with Crippen molar-refractivity contribution in [1.29, 1.82) is 0 Å². The second-order valence-electron chi connectivity index (χ2n) is 6.67. The average molecular weight is 394 g/mol. The van der Waals surface area contributed by atoms with E-state index in [1.54, 1.807) is 17.4 Å². The lowest BCUT2D eigenvalue weighted by molar-refractivity contribution is 0.876. The summed E-state index contributed by atoms with van der Waals surface area (Å²) in [6.07, 6.45) is 3.16. The van der Waals surface area contributed by atoms with E-state index in [4.69, 9.17) is 0 Å². The number of thiophene rings is 1. The Balaban J connectivity index is 1.61. The number of aromatic nitrogens is 4. The van der Waals surface area contributed by atoms with Gasteiger partial charge in [0.15, 0.2) is 5.82 Å². The smallest absolute Gasteiger partial charge is 0.274 e. The van der Waals surface area contributed by atoms with E-state index in [9.17, 15) is 4.79 Å². The van der Waals surface area contributed by atoms with Crippen molar-refractivity contribution < 1.29 is 0 Å². The van der Waals surface area contributed by atoms with Gasteiger partial charge in [-0.15, -0.1) is 11.3 Å². The Morgan fingerprint density at radius 3 is 2.82 bits per heavy atom. The van der Waals surface area contributed by atoms with Crippen LogP contribution in [0.25, 0.3) is 16.5 Å². The molecule has 0 fully saturated rings. The zero-order valence-corrected chi connectivity index (χ0v) is 16.8. The van der Waals surface area contributed by atoms with Gasteiger partial charge < -0.3 is 5.32 Å². The van der Waals surface area contributed by atoms with Gasteiger partial charge >= 0.3 is 0 Å². The maximum absolute atomic E-state index is 12.5. The van der Waals surface area contributed by atoms with E-state index < -0.39 is 0 Å². The molecule has 1 aromatic carbocycles. The van der Waals surface area contributed by atoms with Crippen LogP contribution in [0.15, 0.2) is 46.6 Å². The second-order valence-corrected chi connectivity index (χ2v) is 7.62. The van der Waals surface area contributed by atoms with E-state index in [0.29, 0.717) is 23.8 Å². The minimum Gasteiger partial charge on any atom is -0.379 e. The van der Waals surface area contributed by atoms with Crippen molar-refractivity contribution in [2.75, 3.05) is 5.32 Å².